The van der Waals surface area contributed by atoms with Crippen molar-refractivity contribution in [3.05, 3.63) is 181 Å². The van der Waals surface area contributed by atoms with Gasteiger partial charge in [-0.25, -0.2) is 0 Å². The van der Waals surface area contributed by atoms with Crippen LogP contribution in [0.3, 0.4) is 0 Å². The van der Waals surface area contributed by atoms with Crippen LogP contribution < -0.4 is 0 Å². The first kappa shape index (κ1) is 33.5. The molecule has 0 aliphatic carbocycles. The van der Waals surface area contributed by atoms with Gasteiger partial charge in [0, 0.05) is 54.7 Å². The highest BCUT2D eigenvalue weighted by molar-refractivity contribution is 6.14. The number of rotatable bonds is 8. The maximum absolute atomic E-state index is 3.71. The molecule has 11 aromatic rings. The van der Waals surface area contributed by atoms with Crippen molar-refractivity contribution in [1.29, 1.82) is 0 Å². The van der Waals surface area contributed by atoms with Gasteiger partial charge in [0.1, 0.15) is 0 Å². The molecule has 11 rings (SSSR count). The summed E-state index contributed by atoms with van der Waals surface area (Å²) in [6, 6.07) is 63.2. The predicted octanol–water partition coefficient (Wildman–Crippen LogP) is 14.8. The van der Waals surface area contributed by atoms with Gasteiger partial charge in [0.05, 0.1) is 22.1 Å². The van der Waals surface area contributed by atoms with Crippen LogP contribution in [0, 0.1) is 0 Å². The largest absolute Gasteiger partial charge is 0.355 e. The zero-order valence-electron chi connectivity index (χ0n) is 32.4. The van der Waals surface area contributed by atoms with Crippen LogP contribution in [0.1, 0.15) is 37.8 Å². The summed E-state index contributed by atoms with van der Waals surface area (Å²) in [7, 11) is 0. The summed E-state index contributed by atoms with van der Waals surface area (Å²) >= 11 is 0. The molecule has 0 aliphatic heterocycles. The van der Waals surface area contributed by atoms with Gasteiger partial charge in [0.25, 0.3) is 0 Å². The third kappa shape index (κ3) is 5.33. The fourth-order valence-corrected chi connectivity index (χ4v) is 9.50. The number of para-hydroxylation sites is 4. The highest BCUT2D eigenvalue weighted by Crippen LogP contribution is 2.40. The Balaban J connectivity index is 1.03. The molecular weight excluding hydrogens is 691 g/mol. The van der Waals surface area contributed by atoms with Gasteiger partial charge in [-0.05, 0) is 119 Å². The standard InChI is InChI=1S/C54H43N3/c1-3-13-35-15-5-9-19-49(35)56-51-21-11-7-17-41(51)45-33-39(25-29-53(45)56)37-23-27-47-43(31-37)44-32-38(24-28-48(44)55-47)40-26-30-54-46(34-40)42-18-8-12-22-52(42)57(54)50-20-10-6-16-36(50)14-4-2/h5-12,15-34,55H,3-4,13-14H2,1-2H3. The zero-order chi connectivity index (χ0) is 38.0. The minimum Gasteiger partial charge on any atom is -0.355 e. The highest BCUT2D eigenvalue weighted by atomic mass is 15.0. The number of nitrogens with zero attached hydrogens (tertiary/aromatic N) is 2. The predicted molar refractivity (Wildman–Crippen MR) is 243 cm³/mol. The van der Waals surface area contributed by atoms with Crippen molar-refractivity contribution in [2.45, 2.75) is 39.5 Å². The van der Waals surface area contributed by atoms with Crippen molar-refractivity contribution in [1.82, 2.24) is 14.1 Å². The Labute approximate surface area is 332 Å². The second kappa shape index (κ2) is 13.4. The molecule has 1 N–H and O–H groups in total. The lowest BCUT2D eigenvalue weighted by atomic mass is 9.98. The minimum absolute atomic E-state index is 1.06. The van der Waals surface area contributed by atoms with Crippen molar-refractivity contribution >= 4 is 65.4 Å². The fourth-order valence-electron chi connectivity index (χ4n) is 9.50. The average Bonchev–Trinajstić information content (AvgIpc) is 3.91. The van der Waals surface area contributed by atoms with Crippen LogP contribution in [0.4, 0.5) is 0 Å². The molecule has 0 bridgehead atoms. The maximum Gasteiger partial charge on any atom is 0.0541 e. The quantitative estimate of drug-likeness (QED) is 0.161. The monoisotopic (exact) mass is 733 g/mol. The summed E-state index contributed by atoms with van der Waals surface area (Å²) in [6.07, 6.45) is 4.35. The van der Waals surface area contributed by atoms with E-state index < -0.39 is 0 Å². The van der Waals surface area contributed by atoms with Crippen LogP contribution >= 0.6 is 0 Å². The normalized spacial score (nSPS) is 12.0. The number of fused-ring (bicyclic) bond motifs is 9. The molecule has 8 aromatic carbocycles. The van der Waals surface area contributed by atoms with E-state index in [4.69, 9.17) is 0 Å². The molecule has 0 saturated heterocycles. The average molecular weight is 734 g/mol. The topological polar surface area (TPSA) is 25.6 Å². The first-order chi connectivity index (χ1) is 28.2. The zero-order valence-corrected chi connectivity index (χ0v) is 32.4. The van der Waals surface area contributed by atoms with Crippen LogP contribution in [0.25, 0.3) is 99.0 Å². The second-order valence-electron chi connectivity index (χ2n) is 15.6. The summed E-state index contributed by atoms with van der Waals surface area (Å²) < 4.78 is 4.93. The van der Waals surface area contributed by atoms with Crippen molar-refractivity contribution in [3.63, 3.8) is 0 Å². The van der Waals surface area contributed by atoms with Crippen molar-refractivity contribution < 1.29 is 0 Å². The van der Waals surface area contributed by atoms with E-state index in [9.17, 15) is 0 Å². The molecule has 0 amide bonds. The molecule has 0 unspecified atom stereocenters. The Hall–Kier alpha value is -6.84. The summed E-state index contributed by atoms with van der Waals surface area (Å²) in [6.45, 7) is 4.52. The van der Waals surface area contributed by atoms with Crippen molar-refractivity contribution in [2.24, 2.45) is 0 Å². The highest BCUT2D eigenvalue weighted by Gasteiger charge is 2.18. The Morgan fingerprint density at radius 3 is 1.18 bits per heavy atom. The van der Waals surface area contributed by atoms with Gasteiger partial charge in [-0.2, -0.15) is 0 Å². The second-order valence-corrected chi connectivity index (χ2v) is 15.6. The van der Waals surface area contributed by atoms with Crippen LogP contribution in [-0.4, -0.2) is 14.1 Å². The molecule has 0 radical (unpaired) electrons. The lowest BCUT2D eigenvalue weighted by Gasteiger charge is -2.13. The minimum atomic E-state index is 1.06. The fraction of sp³-hybridized carbons (Fsp3) is 0.111. The SMILES string of the molecule is CCCc1ccccc1-n1c2ccccc2c2cc(-c3ccc4[nH]c5ccc(-c6ccc7c(c6)c6ccccc6n7-c6ccccc6CCC)cc5c4c3)ccc21. The Bertz CT molecular complexity index is 3110. The number of aromatic amines is 1. The van der Waals surface area contributed by atoms with Gasteiger partial charge in [-0.3, -0.25) is 0 Å². The molecule has 0 aliphatic rings. The summed E-state index contributed by atoms with van der Waals surface area (Å²) in [4.78, 5) is 3.71. The molecule has 0 saturated carbocycles. The van der Waals surface area contributed by atoms with Crippen LogP contribution in [0.15, 0.2) is 170 Å². The Morgan fingerprint density at radius 1 is 0.351 bits per heavy atom. The molecule has 57 heavy (non-hydrogen) atoms. The van der Waals surface area contributed by atoms with Gasteiger partial charge < -0.3 is 14.1 Å². The summed E-state index contributed by atoms with van der Waals surface area (Å²) in [5, 5.41) is 7.60. The van der Waals surface area contributed by atoms with Crippen molar-refractivity contribution in [3.8, 4) is 33.6 Å². The van der Waals surface area contributed by atoms with Crippen LogP contribution in [0.2, 0.25) is 0 Å². The van der Waals surface area contributed by atoms with E-state index in [0.717, 1.165) is 36.7 Å². The van der Waals surface area contributed by atoms with E-state index in [1.54, 1.807) is 0 Å². The van der Waals surface area contributed by atoms with Gasteiger partial charge >= 0.3 is 0 Å². The molecule has 0 spiro atoms. The first-order valence-electron chi connectivity index (χ1n) is 20.5. The Kier molecular flexibility index (Phi) is 7.89. The van der Waals surface area contributed by atoms with Crippen molar-refractivity contribution in [2.75, 3.05) is 0 Å². The van der Waals surface area contributed by atoms with E-state index in [0.29, 0.717) is 0 Å². The lowest BCUT2D eigenvalue weighted by molar-refractivity contribution is 0.909. The Morgan fingerprint density at radius 2 is 0.719 bits per heavy atom. The van der Waals surface area contributed by atoms with E-state index in [1.165, 1.54) is 99.1 Å². The number of H-pyrrole nitrogens is 1. The maximum atomic E-state index is 3.71. The number of nitrogens with one attached hydrogen (secondary N) is 1. The molecule has 3 heteroatoms. The number of aromatic nitrogens is 3. The smallest absolute Gasteiger partial charge is 0.0541 e. The van der Waals surface area contributed by atoms with E-state index in [1.807, 2.05) is 0 Å². The van der Waals surface area contributed by atoms with Crippen LogP contribution in [-0.2, 0) is 12.8 Å². The number of benzene rings is 8. The molecule has 0 fully saturated rings. The van der Waals surface area contributed by atoms with Gasteiger partial charge in [-0.15, -0.1) is 0 Å². The summed E-state index contributed by atoms with van der Waals surface area (Å²) in [5.41, 5.74) is 17.5. The van der Waals surface area contributed by atoms with E-state index in [2.05, 4.69) is 198 Å². The van der Waals surface area contributed by atoms with E-state index in [-0.39, 0.29) is 0 Å². The number of hydrogen-bond donors (Lipinski definition) is 1. The molecule has 0 atom stereocenters. The molecule has 3 aromatic heterocycles. The lowest BCUT2D eigenvalue weighted by Crippen LogP contribution is -1.99. The molecule has 274 valence electrons. The molecule has 3 nitrogen and oxygen atoms in total. The number of hydrogen-bond acceptors (Lipinski definition) is 0. The number of aryl methyl sites for hydroxylation is 2. The van der Waals surface area contributed by atoms with Crippen LogP contribution in [0.5, 0.6) is 0 Å². The van der Waals surface area contributed by atoms with E-state index >= 15 is 0 Å². The molecular formula is C54H43N3. The van der Waals surface area contributed by atoms with Gasteiger partial charge in [0.15, 0.2) is 0 Å². The van der Waals surface area contributed by atoms with Gasteiger partial charge in [0.2, 0.25) is 0 Å². The third-order valence-electron chi connectivity index (χ3n) is 12.1. The molecule has 3 heterocycles. The summed E-state index contributed by atoms with van der Waals surface area (Å²) in [5.74, 6) is 0. The third-order valence-corrected chi connectivity index (χ3v) is 12.1. The first-order valence-corrected chi connectivity index (χ1v) is 20.5. The van der Waals surface area contributed by atoms with Gasteiger partial charge in [-0.1, -0.05) is 124 Å².